The van der Waals surface area contributed by atoms with E-state index in [-0.39, 0.29) is 11.3 Å². The molecule has 2 N–H and O–H groups in total. The van der Waals surface area contributed by atoms with E-state index in [9.17, 15) is 4.79 Å². The molecule has 1 aliphatic heterocycles. The highest BCUT2D eigenvalue weighted by Gasteiger charge is 2.37. The van der Waals surface area contributed by atoms with E-state index >= 15 is 0 Å². The van der Waals surface area contributed by atoms with Crippen LogP contribution in [0.25, 0.3) is 0 Å². The Labute approximate surface area is 128 Å². The van der Waals surface area contributed by atoms with E-state index in [1.807, 2.05) is 18.7 Å². The Hall–Kier alpha value is -1.05. The van der Waals surface area contributed by atoms with E-state index in [1.165, 1.54) is 12.8 Å². The van der Waals surface area contributed by atoms with Crippen molar-refractivity contribution >= 4 is 5.91 Å². The summed E-state index contributed by atoms with van der Waals surface area (Å²) in [6.45, 7) is 7.80. The van der Waals surface area contributed by atoms with Crippen LogP contribution in [0.5, 0.6) is 0 Å². The normalized spacial score (nSPS) is 23.6. The van der Waals surface area contributed by atoms with Gasteiger partial charge in [-0.2, -0.15) is 0 Å². The largest absolute Gasteiger partial charge is 0.368 e. The predicted molar refractivity (Wildman–Crippen MR) is 83.5 cm³/mol. The molecule has 4 nitrogen and oxygen atoms in total. The third-order valence-electron chi connectivity index (χ3n) is 4.48. The standard InChI is InChI=1S/C17H28N2O2/c1-13-6-4-10-19(13)16(20)15(18)17(2,3)12-21-11-5-7-14-8-9-14/h13-15H,4,6,8-12,18H2,1-3H3. The summed E-state index contributed by atoms with van der Waals surface area (Å²) in [5, 5.41) is 0. The van der Waals surface area contributed by atoms with Crippen LogP contribution in [0.3, 0.4) is 0 Å². The second-order valence-corrected chi connectivity index (χ2v) is 7.08. The Morgan fingerprint density at radius 2 is 2.14 bits per heavy atom. The first kappa shape index (κ1) is 16.3. The first-order valence-electron chi connectivity index (χ1n) is 8.04. The molecule has 4 heteroatoms. The summed E-state index contributed by atoms with van der Waals surface area (Å²) in [7, 11) is 0. The summed E-state index contributed by atoms with van der Waals surface area (Å²) in [6.07, 6.45) is 4.61. The molecule has 2 aliphatic rings. The van der Waals surface area contributed by atoms with Crippen molar-refractivity contribution in [1.29, 1.82) is 0 Å². The van der Waals surface area contributed by atoms with Crippen LogP contribution in [0.2, 0.25) is 0 Å². The lowest BCUT2D eigenvalue weighted by Gasteiger charge is -2.34. The number of ether oxygens (including phenoxy) is 1. The fraction of sp³-hybridized carbons (Fsp3) is 0.824. The number of hydrogen-bond acceptors (Lipinski definition) is 3. The molecule has 0 spiro atoms. The molecule has 118 valence electrons. The molecule has 1 saturated carbocycles. The van der Waals surface area contributed by atoms with Crippen LogP contribution in [0.1, 0.15) is 46.5 Å². The average molecular weight is 292 g/mol. The summed E-state index contributed by atoms with van der Waals surface area (Å²) in [4.78, 5) is 14.4. The first-order chi connectivity index (χ1) is 9.92. The molecule has 2 rings (SSSR count). The number of carbonyl (C=O) groups is 1. The number of rotatable bonds is 5. The molecule has 0 aromatic heterocycles. The number of likely N-dealkylation sites (tertiary alicyclic amines) is 1. The van der Waals surface area contributed by atoms with Gasteiger partial charge in [0.25, 0.3) is 0 Å². The van der Waals surface area contributed by atoms with Crippen molar-refractivity contribution in [1.82, 2.24) is 4.90 Å². The third-order valence-corrected chi connectivity index (χ3v) is 4.48. The van der Waals surface area contributed by atoms with Crippen LogP contribution in [-0.4, -0.2) is 42.6 Å². The van der Waals surface area contributed by atoms with E-state index < -0.39 is 6.04 Å². The van der Waals surface area contributed by atoms with Gasteiger partial charge in [0.05, 0.1) is 12.6 Å². The second-order valence-electron chi connectivity index (χ2n) is 7.08. The Morgan fingerprint density at radius 3 is 2.71 bits per heavy atom. The monoisotopic (exact) mass is 292 g/mol. The SMILES string of the molecule is CC1CCCN1C(=O)C(N)C(C)(C)COCC#CC1CC1. The van der Waals surface area contributed by atoms with E-state index in [2.05, 4.69) is 18.8 Å². The summed E-state index contributed by atoms with van der Waals surface area (Å²) in [6, 6.07) is -0.209. The Balaban J connectivity index is 1.79. The minimum Gasteiger partial charge on any atom is -0.368 e. The quantitative estimate of drug-likeness (QED) is 0.621. The molecular formula is C17H28N2O2. The van der Waals surface area contributed by atoms with Crippen LogP contribution in [0, 0.1) is 23.2 Å². The maximum atomic E-state index is 12.5. The maximum absolute atomic E-state index is 12.5. The lowest BCUT2D eigenvalue weighted by molar-refractivity contribution is -0.136. The molecule has 1 heterocycles. The summed E-state index contributed by atoms with van der Waals surface area (Å²) < 4.78 is 5.61. The molecule has 0 radical (unpaired) electrons. The van der Waals surface area contributed by atoms with E-state index in [1.54, 1.807) is 0 Å². The van der Waals surface area contributed by atoms with Crippen molar-refractivity contribution in [3.63, 3.8) is 0 Å². The van der Waals surface area contributed by atoms with Crippen LogP contribution < -0.4 is 5.73 Å². The van der Waals surface area contributed by atoms with Gasteiger partial charge >= 0.3 is 0 Å². The zero-order valence-electron chi connectivity index (χ0n) is 13.5. The van der Waals surface area contributed by atoms with Crippen molar-refractivity contribution in [2.75, 3.05) is 19.8 Å². The van der Waals surface area contributed by atoms with Gasteiger partial charge in [-0.3, -0.25) is 4.79 Å². The fourth-order valence-corrected chi connectivity index (χ4v) is 2.64. The van der Waals surface area contributed by atoms with Crippen molar-refractivity contribution in [3.8, 4) is 11.8 Å². The van der Waals surface area contributed by atoms with Gasteiger partial charge in [0, 0.05) is 23.9 Å². The number of nitrogens with zero attached hydrogens (tertiary/aromatic N) is 1. The Bertz CT molecular complexity index is 432. The van der Waals surface area contributed by atoms with Gasteiger partial charge in [-0.05, 0) is 32.6 Å². The highest BCUT2D eigenvalue weighted by Crippen LogP contribution is 2.27. The van der Waals surface area contributed by atoms with Gasteiger partial charge in [0.2, 0.25) is 5.91 Å². The van der Waals surface area contributed by atoms with Crippen LogP contribution in [0.4, 0.5) is 0 Å². The van der Waals surface area contributed by atoms with E-state index in [0.29, 0.717) is 25.2 Å². The zero-order chi connectivity index (χ0) is 15.5. The summed E-state index contributed by atoms with van der Waals surface area (Å²) in [5.74, 6) is 6.86. The minimum atomic E-state index is -0.519. The number of carbonyl (C=O) groups excluding carboxylic acids is 1. The highest BCUT2D eigenvalue weighted by molar-refractivity contribution is 5.83. The lowest BCUT2D eigenvalue weighted by atomic mass is 9.85. The molecule has 2 atom stereocenters. The average Bonchev–Trinajstić information content (AvgIpc) is 3.16. The van der Waals surface area contributed by atoms with Crippen molar-refractivity contribution in [3.05, 3.63) is 0 Å². The predicted octanol–water partition coefficient (Wildman–Crippen LogP) is 1.78. The van der Waals surface area contributed by atoms with Crippen LogP contribution >= 0.6 is 0 Å². The topological polar surface area (TPSA) is 55.6 Å². The van der Waals surface area contributed by atoms with Gasteiger partial charge in [-0.25, -0.2) is 0 Å². The third kappa shape index (κ3) is 4.46. The van der Waals surface area contributed by atoms with Crippen LogP contribution in [0.15, 0.2) is 0 Å². The molecule has 0 aromatic rings. The molecular weight excluding hydrogens is 264 g/mol. The summed E-state index contributed by atoms with van der Waals surface area (Å²) >= 11 is 0. The highest BCUT2D eigenvalue weighted by atomic mass is 16.5. The molecule has 2 unspecified atom stereocenters. The van der Waals surface area contributed by atoms with Gasteiger partial charge < -0.3 is 15.4 Å². The molecule has 0 bridgehead atoms. The number of amides is 1. The van der Waals surface area contributed by atoms with Crippen molar-refractivity contribution < 1.29 is 9.53 Å². The zero-order valence-corrected chi connectivity index (χ0v) is 13.5. The second kappa shape index (κ2) is 6.81. The van der Waals surface area contributed by atoms with Gasteiger partial charge in [-0.15, -0.1) is 0 Å². The smallest absolute Gasteiger partial charge is 0.240 e. The molecule has 2 fully saturated rings. The maximum Gasteiger partial charge on any atom is 0.240 e. The van der Waals surface area contributed by atoms with E-state index in [0.717, 1.165) is 19.4 Å². The molecule has 21 heavy (non-hydrogen) atoms. The number of hydrogen-bond donors (Lipinski definition) is 1. The molecule has 1 saturated heterocycles. The fourth-order valence-electron chi connectivity index (χ4n) is 2.64. The lowest BCUT2D eigenvalue weighted by Crippen LogP contribution is -2.53. The molecule has 0 aromatic carbocycles. The Kier molecular flexibility index (Phi) is 5.29. The van der Waals surface area contributed by atoms with Crippen molar-refractivity contribution in [2.24, 2.45) is 17.1 Å². The Morgan fingerprint density at radius 1 is 1.43 bits per heavy atom. The number of nitrogens with two attached hydrogens (primary N) is 1. The van der Waals surface area contributed by atoms with Crippen molar-refractivity contribution in [2.45, 2.75) is 58.5 Å². The van der Waals surface area contributed by atoms with Gasteiger partial charge in [0.1, 0.15) is 6.61 Å². The van der Waals surface area contributed by atoms with Gasteiger partial charge in [-0.1, -0.05) is 25.7 Å². The molecule has 1 aliphatic carbocycles. The molecule has 1 amide bonds. The first-order valence-corrected chi connectivity index (χ1v) is 8.04. The van der Waals surface area contributed by atoms with Crippen LogP contribution in [-0.2, 0) is 9.53 Å². The minimum absolute atomic E-state index is 0.0534. The van der Waals surface area contributed by atoms with Gasteiger partial charge in [0.15, 0.2) is 0 Å². The summed E-state index contributed by atoms with van der Waals surface area (Å²) in [5.41, 5.74) is 5.83. The van der Waals surface area contributed by atoms with E-state index in [4.69, 9.17) is 10.5 Å².